The summed E-state index contributed by atoms with van der Waals surface area (Å²) < 4.78 is 2.52. The summed E-state index contributed by atoms with van der Waals surface area (Å²) in [7, 11) is 0. The number of nitrogens with zero attached hydrogens (tertiary/aromatic N) is 2. The molecule has 3 nitrogen and oxygen atoms in total. The van der Waals surface area contributed by atoms with Crippen molar-refractivity contribution in [3.63, 3.8) is 0 Å². The van der Waals surface area contributed by atoms with Gasteiger partial charge < -0.3 is 0 Å². The lowest BCUT2D eigenvalue weighted by Crippen LogP contribution is -2.14. The molecular weight excluding hydrogens is 218 g/mol. The molecule has 84 valence electrons. The fourth-order valence-corrected chi connectivity index (χ4v) is 1.94. The van der Waals surface area contributed by atoms with Gasteiger partial charge in [-0.2, -0.15) is 5.10 Å². The predicted octanol–water partition coefficient (Wildman–Crippen LogP) is 3.23. The van der Waals surface area contributed by atoms with Crippen LogP contribution in [0.2, 0.25) is 0 Å². The number of hydrogen-bond acceptors (Lipinski definition) is 2. The van der Waals surface area contributed by atoms with Crippen molar-refractivity contribution in [2.75, 3.05) is 0 Å². The fraction of sp³-hybridized carbons (Fsp3) is 0.333. The topological polar surface area (TPSA) is 33.6 Å². The highest BCUT2D eigenvalue weighted by Crippen LogP contribution is 2.27. The van der Waals surface area contributed by atoms with E-state index in [4.69, 9.17) is 12.2 Å². The van der Waals surface area contributed by atoms with E-state index in [9.17, 15) is 0 Å². The van der Waals surface area contributed by atoms with Gasteiger partial charge in [-0.1, -0.05) is 39.0 Å². The molecule has 2 rings (SSSR count). The van der Waals surface area contributed by atoms with Gasteiger partial charge in [-0.3, -0.25) is 9.67 Å². The smallest absolute Gasteiger partial charge is 0.199 e. The Hall–Kier alpha value is -1.42. The highest BCUT2D eigenvalue weighted by Gasteiger charge is 2.18. The number of benzene rings is 1. The summed E-state index contributed by atoms with van der Waals surface area (Å²) in [6, 6.07) is 8.25. The van der Waals surface area contributed by atoms with E-state index in [1.54, 1.807) is 6.33 Å². The molecule has 0 spiro atoms. The first-order chi connectivity index (χ1) is 7.50. The normalized spacial score (nSPS) is 11.7. The van der Waals surface area contributed by atoms with Gasteiger partial charge in [0.05, 0.1) is 5.69 Å². The highest BCUT2D eigenvalue weighted by atomic mass is 32.1. The van der Waals surface area contributed by atoms with E-state index in [0.29, 0.717) is 4.77 Å². The molecule has 0 bridgehead atoms. The summed E-state index contributed by atoms with van der Waals surface area (Å²) in [5.41, 5.74) is 2.43. The van der Waals surface area contributed by atoms with Crippen LogP contribution in [0, 0.1) is 4.77 Å². The zero-order valence-corrected chi connectivity index (χ0v) is 10.5. The average molecular weight is 233 g/mol. The van der Waals surface area contributed by atoms with Crippen LogP contribution in [0.1, 0.15) is 26.3 Å². The van der Waals surface area contributed by atoms with Gasteiger partial charge in [0.25, 0.3) is 0 Å². The van der Waals surface area contributed by atoms with Crippen molar-refractivity contribution in [1.29, 1.82) is 0 Å². The van der Waals surface area contributed by atoms with Gasteiger partial charge in [0.2, 0.25) is 0 Å². The van der Waals surface area contributed by atoms with Crippen molar-refractivity contribution in [2.24, 2.45) is 0 Å². The molecule has 0 aliphatic carbocycles. The fourth-order valence-electron chi connectivity index (χ4n) is 1.74. The average Bonchev–Trinajstić information content (AvgIpc) is 2.63. The van der Waals surface area contributed by atoms with Crippen LogP contribution in [0.3, 0.4) is 0 Å². The third kappa shape index (κ3) is 1.93. The van der Waals surface area contributed by atoms with Crippen LogP contribution in [0.15, 0.2) is 30.6 Å². The zero-order chi connectivity index (χ0) is 11.8. The molecule has 0 unspecified atom stereocenters. The van der Waals surface area contributed by atoms with E-state index in [2.05, 4.69) is 43.1 Å². The number of hydrogen-bond donors (Lipinski definition) is 1. The molecule has 0 atom stereocenters. The van der Waals surface area contributed by atoms with Crippen molar-refractivity contribution >= 4 is 12.2 Å². The lowest BCUT2D eigenvalue weighted by Gasteiger charge is -2.22. The van der Waals surface area contributed by atoms with Crippen LogP contribution < -0.4 is 0 Å². The number of para-hydroxylation sites is 1. The number of nitrogens with one attached hydrogen (secondary N) is 1. The van der Waals surface area contributed by atoms with Gasteiger partial charge in [-0.25, -0.2) is 0 Å². The lowest BCUT2D eigenvalue weighted by atomic mass is 9.86. The van der Waals surface area contributed by atoms with Crippen molar-refractivity contribution in [3.8, 4) is 5.69 Å². The van der Waals surface area contributed by atoms with Crippen LogP contribution in [0.5, 0.6) is 0 Å². The minimum Gasteiger partial charge on any atom is -0.274 e. The lowest BCUT2D eigenvalue weighted by molar-refractivity contribution is 0.586. The molecule has 0 amide bonds. The maximum Gasteiger partial charge on any atom is 0.199 e. The molecule has 1 heterocycles. The van der Waals surface area contributed by atoms with Crippen molar-refractivity contribution in [3.05, 3.63) is 40.9 Å². The Morgan fingerprint density at radius 2 is 1.94 bits per heavy atom. The standard InChI is InChI=1S/C12H15N3S/c1-12(2,3)9-6-4-5-7-10(9)15-8-13-14-11(15)16/h4-8H,1-3H3,(H,14,16). The third-order valence-electron chi connectivity index (χ3n) is 2.52. The van der Waals surface area contributed by atoms with Crippen LogP contribution in [0.25, 0.3) is 5.69 Å². The van der Waals surface area contributed by atoms with E-state index in [0.717, 1.165) is 5.69 Å². The second kappa shape index (κ2) is 3.87. The molecule has 2 aromatic rings. The van der Waals surface area contributed by atoms with Crippen molar-refractivity contribution in [2.45, 2.75) is 26.2 Å². The Bertz CT molecular complexity index is 546. The Balaban J connectivity index is 2.67. The quantitative estimate of drug-likeness (QED) is 0.767. The second-order valence-corrected chi connectivity index (χ2v) is 5.19. The Kier molecular flexibility index (Phi) is 2.68. The van der Waals surface area contributed by atoms with Crippen LogP contribution in [-0.4, -0.2) is 14.8 Å². The van der Waals surface area contributed by atoms with Gasteiger partial charge in [-0.15, -0.1) is 0 Å². The summed E-state index contributed by atoms with van der Waals surface area (Å²) in [4.78, 5) is 0. The predicted molar refractivity (Wildman–Crippen MR) is 67.4 cm³/mol. The summed E-state index contributed by atoms with van der Waals surface area (Å²) >= 11 is 5.19. The Morgan fingerprint density at radius 1 is 1.25 bits per heavy atom. The molecule has 0 aliphatic heterocycles. The van der Waals surface area contributed by atoms with Gasteiger partial charge in [0, 0.05) is 0 Å². The first-order valence-corrected chi connectivity index (χ1v) is 5.63. The molecule has 0 aliphatic rings. The molecule has 0 fully saturated rings. The maximum atomic E-state index is 5.19. The van der Waals surface area contributed by atoms with Crippen LogP contribution >= 0.6 is 12.2 Å². The van der Waals surface area contributed by atoms with Gasteiger partial charge in [0.1, 0.15) is 6.33 Å². The van der Waals surface area contributed by atoms with Gasteiger partial charge in [0.15, 0.2) is 4.77 Å². The van der Waals surface area contributed by atoms with Crippen LogP contribution in [-0.2, 0) is 5.41 Å². The molecule has 0 saturated heterocycles. The summed E-state index contributed by atoms with van der Waals surface area (Å²) in [6.07, 6.45) is 1.72. The van der Waals surface area contributed by atoms with E-state index >= 15 is 0 Å². The summed E-state index contributed by atoms with van der Waals surface area (Å²) in [6.45, 7) is 6.57. The number of rotatable bonds is 1. The molecule has 16 heavy (non-hydrogen) atoms. The van der Waals surface area contributed by atoms with E-state index in [1.165, 1.54) is 5.56 Å². The summed E-state index contributed by atoms with van der Waals surface area (Å²) in [5.74, 6) is 0. The molecule has 4 heteroatoms. The highest BCUT2D eigenvalue weighted by molar-refractivity contribution is 7.71. The number of aromatic amines is 1. The minimum absolute atomic E-state index is 0.0859. The molecule has 0 saturated carbocycles. The largest absolute Gasteiger partial charge is 0.274 e. The SMILES string of the molecule is CC(C)(C)c1ccccc1-n1cn[nH]c1=S. The molecule has 1 aromatic heterocycles. The molecule has 0 radical (unpaired) electrons. The molecule has 1 N–H and O–H groups in total. The first-order valence-electron chi connectivity index (χ1n) is 5.22. The molecule has 1 aromatic carbocycles. The minimum atomic E-state index is 0.0859. The van der Waals surface area contributed by atoms with Gasteiger partial charge in [-0.05, 0) is 29.3 Å². The Labute approximate surface area is 100 Å². The second-order valence-electron chi connectivity index (χ2n) is 4.80. The van der Waals surface area contributed by atoms with E-state index in [1.807, 2.05) is 16.7 Å². The maximum absolute atomic E-state index is 5.19. The third-order valence-corrected chi connectivity index (χ3v) is 2.81. The van der Waals surface area contributed by atoms with Gasteiger partial charge >= 0.3 is 0 Å². The monoisotopic (exact) mass is 233 g/mol. The zero-order valence-electron chi connectivity index (χ0n) is 9.69. The number of aromatic nitrogens is 3. The van der Waals surface area contributed by atoms with Crippen molar-refractivity contribution < 1.29 is 0 Å². The Morgan fingerprint density at radius 3 is 2.50 bits per heavy atom. The number of H-pyrrole nitrogens is 1. The summed E-state index contributed by atoms with van der Waals surface area (Å²) in [5, 5.41) is 6.73. The molecular formula is C12H15N3S. The first kappa shape index (κ1) is 11.1. The van der Waals surface area contributed by atoms with Crippen molar-refractivity contribution in [1.82, 2.24) is 14.8 Å². The van der Waals surface area contributed by atoms with Crippen LogP contribution in [0.4, 0.5) is 0 Å². The van der Waals surface area contributed by atoms with E-state index < -0.39 is 0 Å². The van der Waals surface area contributed by atoms with E-state index in [-0.39, 0.29) is 5.41 Å².